The van der Waals surface area contributed by atoms with Gasteiger partial charge in [0.1, 0.15) is 0 Å². The molecule has 0 unspecified atom stereocenters. The molecule has 0 aliphatic carbocycles. The minimum Gasteiger partial charge on any atom is -0.336 e. The fourth-order valence-corrected chi connectivity index (χ4v) is 5.98. The Balaban J connectivity index is 1.38. The van der Waals surface area contributed by atoms with Crippen LogP contribution in [-0.4, -0.2) is 64.5 Å². The van der Waals surface area contributed by atoms with E-state index in [0.717, 1.165) is 27.5 Å². The lowest BCUT2D eigenvalue weighted by molar-refractivity contribution is 0.0699. The van der Waals surface area contributed by atoms with E-state index in [1.165, 1.54) is 4.31 Å². The van der Waals surface area contributed by atoms with Gasteiger partial charge in [0.25, 0.3) is 5.91 Å². The van der Waals surface area contributed by atoms with Crippen molar-refractivity contribution in [3.05, 3.63) is 65.5 Å². The van der Waals surface area contributed by atoms with E-state index < -0.39 is 10.0 Å². The van der Waals surface area contributed by atoms with Gasteiger partial charge in [-0.15, -0.1) is 0 Å². The van der Waals surface area contributed by atoms with Gasteiger partial charge >= 0.3 is 0 Å². The van der Waals surface area contributed by atoms with Gasteiger partial charge in [-0.2, -0.15) is 9.40 Å². The number of pyridine rings is 1. The number of aromatic nitrogens is 3. The summed E-state index contributed by atoms with van der Waals surface area (Å²) in [5.41, 5.74) is 2.73. The highest BCUT2D eigenvalue weighted by Crippen LogP contribution is 2.26. The van der Waals surface area contributed by atoms with E-state index >= 15 is 0 Å². The second-order valence-electron chi connectivity index (χ2n) is 8.42. The number of sulfonamides is 1. The van der Waals surface area contributed by atoms with Crippen LogP contribution in [0.3, 0.4) is 0 Å². The van der Waals surface area contributed by atoms with Crippen LogP contribution in [-0.2, 0) is 17.1 Å². The summed E-state index contributed by atoms with van der Waals surface area (Å²) in [6.07, 6.45) is 0. The SMILES string of the molecule is Cc1cc(C(=O)N2CCN(S(=O)(=O)c3ccc4ccccc4c3)CC2)c2c(C)nn(C)c2n1. The van der Waals surface area contributed by atoms with Crippen molar-refractivity contribution in [2.75, 3.05) is 26.2 Å². The van der Waals surface area contributed by atoms with Gasteiger partial charge in [0, 0.05) is 38.9 Å². The lowest BCUT2D eigenvalue weighted by Crippen LogP contribution is -2.50. The van der Waals surface area contributed by atoms with Crippen LogP contribution >= 0.6 is 0 Å². The van der Waals surface area contributed by atoms with Gasteiger partial charge in [-0.05, 0) is 42.8 Å². The number of piperazine rings is 1. The Hall–Kier alpha value is -3.30. The molecule has 0 bridgehead atoms. The molecule has 33 heavy (non-hydrogen) atoms. The van der Waals surface area contributed by atoms with Crippen molar-refractivity contribution in [1.82, 2.24) is 24.0 Å². The molecular weight excluding hydrogens is 438 g/mol. The summed E-state index contributed by atoms with van der Waals surface area (Å²) in [7, 11) is -1.83. The number of benzene rings is 2. The second kappa shape index (κ2) is 7.93. The van der Waals surface area contributed by atoms with E-state index in [1.807, 2.05) is 51.2 Å². The maximum atomic E-state index is 13.4. The number of hydrogen-bond acceptors (Lipinski definition) is 5. The number of fused-ring (bicyclic) bond motifs is 2. The van der Waals surface area contributed by atoms with Gasteiger partial charge in [-0.25, -0.2) is 13.4 Å². The van der Waals surface area contributed by atoms with Crippen molar-refractivity contribution in [1.29, 1.82) is 0 Å². The standard InChI is InChI=1S/C24H25N5O3S/c1-16-14-21(22-17(2)26-27(3)23(22)25-16)24(30)28-10-12-29(13-11-28)33(31,32)20-9-8-18-6-4-5-7-19(18)15-20/h4-9,14-15H,10-13H2,1-3H3. The van der Waals surface area contributed by atoms with Crippen LogP contribution in [0.25, 0.3) is 21.8 Å². The fourth-order valence-electron chi connectivity index (χ4n) is 4.52. The highest BCUT2D eigenvalue weighted by atomic mass is 32.2. The first-order chi connectivity index (χ1) is 15.8. The van der Waals surface area contributed by atoms with Crippen molar-refractivity contribution in [3.8, 4) is 0 Å². The maximum Gasteiger partial charge on any atom is 0.254 e. The van der Waals surface area contributed by atoms with Crippen molar-refractivity contribution >= 4 is 37.7 Å². The van der Waals surface area contributed by atoms with Gasteiger partial charge < -0.3 is 4.90 Å². The van der Waals surface area contributed by atoms with E-state index in [0.29, 0.717) is 24.3 Å². The van der Waals surface area contributed by atoms with Crippen LogP contribution in [0, 0.1) is 13.8 Å². The van der Waals surface area contributed by atoms with Crippen LogP contribution in [0.1, 0.15) is 21.7 Å². The number of hydrogen-bond donors (Lipinski definition) is 0. The molecular formula is C24H25N5O3S. The third-order valence-corrected chi connectivity index (χ3v) is 8.11. The average Bonchev–Trinajstić information content (AvgIpc) is 3.10. The van der Waals surface area contributed by atoms with Crippen LogP contribution in [0.5, 0.6) is 0 Å². The number of carbonyl (C=O) groups is 1. The van der Waals surface area contributed by atoms with Crippen molar-refractivity contribution in [2.24, 2.45) is 7.05 Å². The topological polar surface area (TPSA) is 88.4 Å². The molecule has 0 atom stereocenters. The third-order valence-electron chi connectivity index (χ3n) is 6.21. The zero-order valence-corrected chi connectivity index (χ0v) is 19.6. The Labute approximate surface area is 192 Å². The number of rotatable bonds is 3. The number of amides is 1. The molecule has 1 amide bonds. The van der Waals surface area contributed by atoms with E-state index in [9.17, 15) is 13.2 Å². The van der Waals surface area contributed by atoms with Crippen molar-refractivity contribution in [3.63, 3.8) is 0 Å². The van der Waals surface area contributed by atoms with E-state index in [-0.39, 0.29) is 23.9 Å². The molecule has 9 heteroatoms. The Morgan fingerprint density at radius 3 is 2.36 bits per heavy atom. The Kier molecular flexibility index (Phi) is 5.18. The molecule has 5 rings (SSSR count). The molecule has 0 radical (unpaired) electrons. The molecule has 1 fully saturated rings. The summed E-state index contributed by atoms with van der Waals surface area (Å²) in [5, 5.41) is 7.05. The molecule has 1 aliphatic heterocycles. The molecule has 2 aromatic heterocycles. The molecule has 8 nitrogen and oxygen atoms in total. The van der Waals surface area contributed by atoms with Crippen LogP contribution in [0.15, 0.2) is 53.4 Å². The lowest BCUT2D eigenvalue weighted by Gasteiger charge is -2.34. The molecule has 2 aromatic carbocycles. The van der Waals surface area contributed by atoms with Gasteiger partial charge in [-0.3, -0.25) is 9.48 Å². The Morgan fingerprint density at radius 1 is 0.939 bits per heavy atom. The molecule has 0 saturated carbocycles. The average molecular weight is 464 g/mol. The van der Waals surface area contributed by atoms with Gasteiger partial charge in [0.2, 0.25) is 10.0 Å². The van der Waals surface area contributed by atoms with Crippen LogP contribution < -0.4 is 0 Å². The zero-order chi connectivity index (χ0) is 23.3. The number of aryl methyl sites for hydroxylation is 3. The molecule has 0 N–H and O–H groups in total. The van der Waals surface area contributed by atoms with Gasteiger partial charge in [-0.1, -0.05) is 30.3 Å². The zero-order valence-electron chi connectivity index (χ0n) is 18.8. The highest BCUT2D eigenvalue weighted by Gasteiger charge is 2.31. The summed E-state index contributed by atoms with van der Waals surface area (Å²) < 4.78 is 29.6. The lowest BCUT2D eigenvalue weighted by atomic mass is 10.1. The van der Waals surface area contributed by atoms with Gasteiger partial charge in [0.05, 0.1) is 21.5 Å². The summed E-state index contributed by atoms with van der Waals surface area (Å²) in [6.45, 7) is 4.87. The summed E-state index contributed by atoms with van der Waals surface area (Å²) in [5.74, 6) is -0.121. The highest BCUT2D eigenvalue weighted by molar-refractivity contribution is 7.89. The number of nitrogens with zero attached hydrogens (tertiary/aromatic N) is 5. The second-order valence-corrected chi connectivity index (χ2v) is 10.4. The maximum absolute atomic E-state index is 13.4. The van der Waals surface area contributed by atoms with Crippen molar-refractivity contribution < 1.29 is 13.2 Å². The predicted molar refractivity (Wildman–Crippen MR) is 127 cm³/mol. The largest absolute Gasteiger partial charge is 0.336 e. The Morgan fingerprint density at radius 2 is 1.64 bits per heavy atom. The Bertz CT molecular complexity index is 1500. The summed E-state index contributed by atoms with van der Waals surface area (Å²) >= 11 is 0. The smallest absolute Gasteiger partial charge is 0.254 e. The van der Waals surface area contributed by atoms with Gasteiger partial charge in [0.15, 0.2) is 5.65 Å². The van der Waals surface area contributed by atoms with E-state index in [2.05, 4.69) is 10.1 Å². The number of carbonyl (C=O) groups excluding carboxylic acids is 1. The predicted octanol–water partition coefficient (Wildman–Crippen LogP) is 2.89. The minimum absolute atomic E-state index is 0.121. The quantitative estimate of drug-likeness (QED) is 0.466. The third kappa shape index (κ3) is 3.67. The molecule has 0 spiro atoms. The first-order valence-corrected chi connectivity index (χ1v) is 12.3. The van der Waals surface area contributed by atoms with Crippen LogP contribution in [0.2, 0.25) is 0 Å². The monoisotopic (exact) mass is 463 g/mol. The molecule has 4 aromatic rings. The summed E-state index contributed by atoms with van der Waals surface area (Å²) in [4.78, 5) is 19.9. The normalized spacial score (nSPS) is 15.4. The summed E-state index contributed by atoms with van der Waals surface area (Å²) in [6, 6.07) is 14.7. The first kappa shape index (κ1) is 21.5. The molecule has 170 valence electrons. The van der Waals surface area contributed by atoms with E-state index in [1.54, 1.807) is 27.8 Å². The molecule has 1 saturated heterocycles. The first-order valence-electron chi connectivity index (χ1n) is 10.8. The fraction of sp³-hybridized carbons (Fsp3) is 0.292. The van der Waals surface area contributed by atoms with Crippen LogP contribution in [0.4, 0.5) is 0 Å². The molecule has 1 aliphatic rings. The molecule has 3 heterocycles. The van der Waals surface area contributed by atoms with Crippen molar-refractivity contribution in [2.45, 2.75) is 18.7 Å². The van der Waals surface area contributed by atoms with E-state index in [4.69, 9.17) is 0 Å². The minimum atomic E-state index is -3.64.